The molecule has 1 heterocycles. The molecule has 2 aromatic rings. The van der Waals surface area contributed by atoms with Crippen molar-refractivity contribution in [1.29, 1.82) is 0 Å². The lowest BCUT2D eigenvalue weighted by Gasteiger charge is -2.16. The molecule has 0 spiro atoms. The molecule has 0 radical (unpaired) electrons. The van der Waals surface area contributed by atoms with Gasteiger partial charge in [0.15, 0.2) is 5.69 Å². The van der Waals surface area contributed by atoms with Gasteiger partial charge in [-0.25, -0.2) is 4.68 Å². The Balaban J connectivity index is 1.51. The maximum Gasteiger partial charge on any atom is 0.273 e. The highest BCUT2D eigenvalue weighted by Gasteiger charge is 2.17. The predicted molar refractivity (Wildman–Crippen MR) is 104 cm³/mol. The van der Waals surface area contributed by atoms with Crippen LogP contribution in [0.5, 0.6) is 5.75 Å². The molecule has 1 fully saturated rings. The number of carbonyl (C=O) groups is 1. The van der Waals surface area contributed by atoms with Crippen molar-refractivity contribution in [3.8, 4) is 11.4 Å². The minimum atomic E-state index is -0.185. The number of hydrogen-bond acceptors (Lipinski definition) is 5. The standard InChI is InChI=1S/C20H29N5O2/c1-15-19(23-24-25(15)17-9-11-18(27-2)12-10-17)20(26)22-14-13-21-16-7-5-3-4-6-8-16/h9-12,16,21H,3-8,13-14H2,1-2H3,(H,22,26). The van der Waals surface area contributed by atoms with Crippen LogP contribution in [0.25, 0.3) is 5.69 Å². The van der Waals surface area contributed by atoms with E-state index in [1.165, 1.54) is 38.5 Å². The van der Waals surface area contributed by atoms with Crippen LogP contribution >= 0.6 is 0 Å². The number of methoxy groups -OCH3 is 1. The van der Waals surface area contributed by atoms with Crippen LogP contribution in [0.3, 0.4) is 0 Å². The fourth-order valence-electron chi connectivity index (χ4n) is 3.53. The summed E-state index contributed by atoms with van der Waals surface area (Å²) in [6, 6.07) is 8.07. The van der Waals surface area contributed by atoms with Crippen LogP contribution in [0.15, 0.2) is 24.3 Å². The molecule has 7 heteroatoms. The Labute approximate surface area is 160 Å². The van der Waals surface area contributed by atoms with Crippen LogP contribution in [-0.4, -0.2) is 47.1 Å². The molecule has 2 N–H and O–H groups in total. The molecular weight excluding hydrogens is 342 g/mol. The molecule has 1 aromatic heterocycles. The van der Waals surface area contributed by atoms with Crippen LogP contribution < -0.4 is 15.4 Å². The van der Waals surface area contributed by atoms with Gasteiger partial charge in [-0.15, -0.1) is 5.10 Å². The molecule has 1 aliphatic rings. The van der Waals surface area contributed by atoms with Gasteiger partial charge in [-0.3, -0.25) is 4.79 Å². The van der Waals surface area contributed by atoms with Gasteiger partial charge in [-0.2, -0.15) is 0 Å². The zero-order chi connectivity index (χ0) is 19.1. The molecule has 0 bridgehead atoms. The first-order chi connectivity index (χ1) is 13.2. The first-order valence-electron chi connectivity index (χ1n) is 9.77. The molecule has 0 atom stereocenters. The van der Waals surface area contributed by atoms with Gasteiger partial charge in [0.05, 0.1) is 18.5 Å². The van der Waals surface area contributed by atoms with E-state index in [1.54, 1.807) is 11.8 Å². The van der Waals surface area contributed by atoms with Gasteiger partial charge >= 0.3 is 0 Å². The lowest BCUT2D eigenvalue weighted by Crippen LogP contribution is -2.37. The van der Waals surface area contributed by atoms with Gasteiger partial charge in [-0.1, -0.05) is 30.9 Å². The van der Waals surface area contributed by atoms with Crippen molar-refractivity contribution < 1.29 is 9.53 Å². The van der Waals surface area contributed by atoms with E-state index >= 15 is 0 Å². The zero-order valence-electron chi connectivity index (χ0n) is 16.2. The SMILES string of the molecule is COc1ccc(-n2nnc(C(=O)NCCNC3CCCCCC3)c2C)cc1. The third-order valence-corrected chi connectivity index (χ3v) is 5.13. The van der Waals surface area contributed by atoms with Crippen molar-refractivity contribution in [2.45, 2.75) is 51.5 Å². The molecule has 0 aliphatic heterocycles. The Bertz CT molecular complexity index is 733. The van der Waals surface area contributed by atoms with Crippen LogP contribution in [0.2, 0.25) is 0 Å². The van der Waals surface area contributed by atoms with Crippen molar-refractivity contribution in [3.63, 3.8) is 0 Å². The molecular formula is C20H29N5O2. The maximum atomic E-state index is 12.4. The summed E-state index contributed by atoms with van der Waals surface area (Å²) in [5.74, 6) is 0.589. The number of ether oxygens (including phenoxy) is 1. The second kappa shape index (κ2) is 9.50. The Morgan fingerprint density at radius 3 is 2.52 bits per heavy atom. The molecule has 0 saturated heterocycles. The minimum Gasteiger partial charge on any atom is -0.497 e. The number of aromatic nitrogens is 3. The highest BCUT2D eigenvalue weighted by molar-refractivity contribution is 5.93. The molecule has 1 saturated carbocycles. The Hall–Kier alpha value is -2.41. The molecule has 146 valence electrons. The minimum absolute atomic E-state index is 0.185. The summed E-state index contributed by atoms with van der Waals surface area (Å²) < 4.78 is 6.83. The molecule has 1 aliphatic carbocycles. The van der Waals surface area contributed by atoms with Gasteiger partial charge in [-0.05, 0) is 44.0 Å². The largest absolute Gasteiger partial charge is 0.497 e. The number of hydrogen-bond donors (Lipinski definition) is 2. The quantitative estimate of drug-likeness (QED) is 0.578. The van der Waals surface area contributed by atoms with E-state index in [4.69, 9.17) is 4.74 Å². The number of nitrogens with zero attached hydrogens (tertiary/aromatic N) is 3. The summed E-state index contributed by atoms with van der Waals surface area (Å²) in [4.78, 5) is 12.4. The van der Waals surface area contributed by atoms with Crippen molar-refractivity contribution in [2.24, 2.45) is 0 Å². The van der Waals surface area contributed by atoms with Crippen molar-refractivity contribution in [1.82, 2.24) is 25.6 Å². The lowest BCUT2D eigenvalue weighted by molar-refractivity contribution is 0.0948. The normalized spacial score (nSPS) is 15.3. The third-order valence-electron chi connectivity index (χ3n) is 5.13. The van der Waals surface area contributed by atoms with Gasteiger partial charge in [0.2, 0.25) is 0 Å². The monoisotopic (exact) mass is 371 g/mol. The van der Waals surface area contributed by atoms with E-state index in [1.807, 2.05) is 31.2 Å². The van der Waals surface area contributed by atoms with Gasteiger partial charge in [0.1, 0.15) is 5.75 Å². The van der Waals surface area contributed by atoms with E-state index in [9.17, 15) is 4.79 Å². The fourth-order valence-corrected chi connectivity index (χ4v) is 3.53. The van der Waals surface area contributed by atoms with E-state index < -0.39 is 0 Å². The first-order valence-corrected chi connectivity index (χ1v) is 9.77. The molecule has 3 rings (SSSR count). The first kappa shape index (κ1) is 19.4. The van der Waals surface area contributed by atoms with Crippen LogP contribution in [0, 0.1) is 6.92 Å². The molecule has 0 unspecified atom stereocenters. The van der Waals surface area contributed by atoms with Gasteiger partial charge in [0.25, 0.3) is 5.91 Å². The Morgan fingerprint density at radius 2 is 1.85 bits per heavy atom. The molecule has 1 amide bonds. The summed E-state index contributed by atoms with van der Waals surface area (Å²) in [6.45, 7) is 3.22. The van der Waals surface area contributed by atoms with Gasteiger partial charge in [0, 0.05) is 19.1 Å². The number of benzene rings is 1. The van der Waals surface area contributed by atoms with Crippen molar-refractivity contribution in [2.75, 3.05) is 20.2 Å². The predicted octanol–water partition coefficient (Wildman–Crippen LogP) is 2.63. The van der Waals surface area contributed by atoms with E-state index in [0.717, 1.165) is 23.7 Å². The molecule has 1 aromatic carbocycles. The average Bonchev–Trinajstić information content (AvgIpc) is 2.90. The average molecular weight is 371 g/mol. The number of carbonyl (C=O) groups excluding carboxylic acids is 1. The van der Waals surface area contributed by atoms with E-state index in [2.05, 4.69) is 20.9 Å². The third kappa shape index (κ3) is 5.07. The summed E-state index contributed by atoms with van der Waals surface area (Å²) in [7, 11) is 1.63. The maximum absolute atomic E-state index is 12.4. The Kier molecular flexibility index (Phi) is 6.81. The highest BCUT2D eigenvalue weighted by Crippen LogP contribution is 2.17. The van der Waals surface area contributed by atoms with Gasteiger partial charge < -0.3 is 15.4 Å². The second-order valence-electron chi connectivity index (χ2n) is 7.03. The summed E-state index contributed by atoms with van der Waals surface area (Å²) in [5.41, 5.74) is 1.92. The second-order valence-corrected chi connectivity index (χ2v) is 7.03. The number of amides is 1. The van der Waals surface area contributed by atoms with Crippen LogP contribution in [0.4, 0.5) is 0 Å². The number of nitrogens with one attached hydrogen (secondary N) is 2. The zero-order valence-corrected chi connectivity index (χ0v) is 16.2. The topological polar surface area (TPSA) is 81.1 Å². The van der Waals surface area contributed by atoms with Crippen LogP contribution in [-0.2, 0) is 0 Å². The highest BCUT2D eigenvalue weighted by atomic mass is 16.5. The fraction of sp³-hybridized carbons (Fsp3) is 0.550. The summed E-state index contributed by atoms with van der Waals surface area (Å²) in [6.07, 6.45) is 7.78. The summed E-state index contributed by atoms with van der Waals surface area (Å²) in [5, 5.41) is 14.7. The van der Waals surface area contributed by atoms with Crippen molar-refractivity contribution in [3.05, 3.63) is 35.7 Å². The smallest absolute Gasteiger partial charge is 0.273 e. The molecule has 7 nitrogen and oxygen atoms in total. The van der Waals surface area contributed by atoms with E-state index in [0.29, 0.717) is 18.3 Å². The van der Waals surface area contributed by atoms with Crippen molar-refractivity contribution >= 4 is 5.91 Å². The molecule has 27 heavy (non-hydrogen) atoms. The number of rotatable bonds is 7. The van der Waals surface area contributed by atoms with Crippen LogP contribution in [0.1, 0.15) is 54.7 Å². The Morgan fingerprint density at radius 1 is 1.15 bits per heavy atom. The summed E-state index contributed by atoms with van der Waals surface area (Å²) >= 11 is 0. The van der Waals surface area contributed by atoms with E-state index in [-0.39, 0.29) is 5.91 Å². The lowest BCUT2D eigenvalue weighted by atomic mass is 10.1.